The van der Waals surface area contributed by atoms with Crippen molar-refractivity contribution in [3.05, 3.63) is 35.3 Å². The van der Waals surface area contributed by atoms with E-state index >= 15 is 0 Å². The minimum Gasteiger partial charge on any atom is -0.491 e. The summed E-state index contributed by atoms with van der Waals surface area (Å²) in [5.41, 5.74) is 6.63. The molecule has 0 aliphatic rings. The van der Waals surface area contributed by atoms with Crippen molar-refractivity contribution in [1.82, 2.24) is 4.98 Å². The molecule has 0 fully saturated rings. The maximum atomic E-state index is 12.3. The number of aryl methyl sites for hydroxylation is 1. The molecule has 23 heavy (non-hydrogen) atoms. The second kappa shape index (κ2) is 7.23. The number of nitrogens with zero attached hydrogens (tertiary/aromatic N) is 2. The van der Waals surface area contributed by atoms with Crippen LogP contribution in [-0.2, 0) is 9.59 Å². The first-order valence-electron chi connectivity index (χ1n) is 7.17. The lowest BCUT2D eigenvalue weighted by Crippen LogP contribution is -2.37. The van der Waals surface area contributed by atoms with Gasteiger partial charge >= 0.3 is 11.8 Å². The van der Waals surface area contributed by atoms with Crippen LogP contribution in [0.25, 0.3) is 0 Å². The van der Waals surface area contributed by atoms with Gasteiger partial charge < -0.3 is 10.5 Å². The van der Waals surface area contributed by atoms with Gasteiger partial charge in [0.1, 0.15) is 5.75 Å². The zero-order valence-corrected chi connectivity index (χ0v) is 14.1. The fourth-order valence-corrected chi connectivity index (χ4v) is 2.57. The van der Waals surface area contributed by atoms with Crippen molar-refractivity contribution in [2.45, 2.75) is 20.8 Å². The van der Waals surface area contributed by atoms with Crippen LogP contribution in [0, 0.1) is 12.8 Å². The van der Waals surface area contributed by atoms with Crippen molar-refractivity contribution < 1.29 is 14.3 Å². The van der Waals surface area contributed by atoms with Gasteiger partial charge in [-0.1, -0.05) is 19.9 Å². The maximum absolute atomic E-state index is 12.3. The highest BCUT2D eigenvalue weighted by Crippen LogP contribution is 2.36. The maximum Gasteiger partial charge on any atom is 0.322 e. The van der Waals surface area contributed by atoms with E-state index in [2.05, 4.69) is 4.98 Å². The van der Waals surface area contributed by atoms with Gasteiger partial charge in [-0.05, 0) is 30.5 Å². The Morgan fingerprint density at radius 1 is 1.39 bits per heavy atom. The normalized spacial score (nSPS) is 10.6. The third-order valence-corrected chi connectivity index (χ3v) is 3.71. The summed E-state index contributed by atoms with van der Waals surface area (Å²) in [7, 11) is 0. The molecule has 1 heterocycles. The van der Waals surface area contributed by atoms with Crippen LogP contribution in [0.1, 0.15) is 19.4 Å². The van der Waals surface area contributed by atoms with Crippen LogP contribution in [-0.4, -0.2) is 23.4 Å². The summed E-state index contributed by atoms with van der Waals surface area (Å²) < 4.78 is 5.82. The minimum atomic E-state index is -1.05. The van der Waals surface area contributed by atoms with E-state index < -0.39 is 11.8 Å². The van der Waals surface area contributed by atoms with E-state index in [1.165, 1.54) is 16.2 Å². The van der Waals surface area contributed by atoms with E-state index in [9.17, 15) is 9.59 Å². The number of amides is 2. The number of aromatic nitrogens is 1. The molecule has 0 aliphatic heterocycles. The molecule has 2 N–H and O–H groups in total. The minimum absolute atomic E-state index is 0.323. The average molecular weight is 333 g/mol. The highest BCUT2D eigenvalue weighted by molar-refractivity contribution is 7.14. The molecule has 0 saturated heterocycles. The second-order valence-electron chi connectivity index (χ2n) is 5.50. The number of carbonyl (C=O) groups excluding carboxylic acids is 2. The zero-order chi connectivity index (χ0) is 17.0. The van der Waals surface area contributed by atoms with Crippen molar-refractivity contribution in [2.75, 3.05) is 11.5 Å². The number of ether oxygens (including phenoxy) is 1. The van der Waals surface area contributed by atoms with Gasteiger partial charge in [-0.2, -0.15) is 0 Å². The van der Waals surface area contributed by atoms with E-state index in [1.54, 1.807) is 17.6 Å². The fourth-order valence-electron chi connectivity index (χ4n) is 1.91. The predicted molar refractivity (Wildman–Crippen MR) is 90.0 cm³/mol. The smallest absolute Gasteiger partial charge is 0.322 e. The van der Waals surface area contributed by atoms with E-state index in [0.29, 0.717) is 29.1 Å². The Labute approximate surface area is 138 Å². The van der Waals surface area contributed by atoms with Crippen molar-refractivity contribution >= 4 is 34.0 Å². The molecule has 1 aromatic heterocycles. The van der Waals surface area contributed by atoms with Crippen molar-refractivity contribution in [3.63, 3.8) is 0 Å². The molecule has 0 aliphatic carbocycles. The van der Waals surface area contributed by atoms with Gasteiger partial charge in [-0.15, -0.1) is 11.3 Å². The first kappa shape index (κ1) is 17.0. The summed E-state index contributed by atoms with van der Waals surface area (Å²) in [5, 5.41) is 2.09. The number of hydrogen-bond donors (Lipinski definition) is 1. The van der Waals surface area contributed by atoms with Gasteiger partial charge in [0.05, 0.1) is 12.3 Å². The number of carbonyl (C=O) groups is 2. The van der Waals surface area contributed by atoms with Crippen LogP contribution in [0.4, 0.5) is 10.8 Å². The first-order valence-corrected chi connectivity index (χ1v) is 8.05. The van der Waals surface area contributed by atoms with Gasteiger partial charge in [0.15, 0.2) is 5.13 Å². The van der Waals surface area contributed by atoms with Crippen molar-refractivity contribution in [3.8, 4) is 5.75 Å². The summed E-state index contributed by atoms with van der Waals surface area (Å²) in [6, 6.07) is 5.40. The van der Waals surface area contributed by atoms with Gasteiger partial charge in [0, 0.05) is 11.6 Å². The Morgan fingerprint density at radius 2 is 2.13 bits per heavy atom. The van der Waals surface area contributed by atoms with E-state index in [0.717, 1.165) is 5.56 Å². The van der Waals surface area contributed by atoms with Crippen LogP contribution in [0.15, 0.2) is 29.8 Å². The number of anilines is 2. The van der Waals surface area contributed by atoms with Crippen LogP contribution in [0.3, 0.4) is 0 Å². The summed E-state index contributed by atoms with van der Waals surface area (Å²) in [6.45, 7) is 6.48. The number of nitrogens with two attached hydrogens (primary N) is 1. The Kier molecular flexibility index (Phi) is 5.33. The topological polar surface area (TPSA) is 85.5 Å². The molecule has 7 heteroatoms. The lowest BCUT2D eigenvalue weighted by molar-refractivity contribution is -0.135. The quantitative estimate of drug-likeness (QED) is 0.852. The molecule has 122 valence electrons. The number of hydrogen-bond acceptors (Lipinski definition) is 5. The average Bonchev–Trinajstić information content (AvgIpc) is 3.00. The second-order valence-corrected chi connectivity index (χ2v) is 6.37. The lowest BCUT2D eigenvalue weighted by atomic mass is 10.2. The van der Waals surface area contributed by atoms with Crippen LogP contribution < -0.4 is 15.4 Å². The van der Waals surface area contributed by atoms with Crippen LogP contribution in [0.2, 0.25) is 0 Å². The van der Waals surface area contributed by atoms with Crippen LogP contribution in [0.5, 0.6) is 5.75 Å². The molecule has 6 nitrogen and oxygen atoms in total. The number of rotatable bonds is 5. The first-order chi connectivity index (χ1) is 10.9. The SMILES string of the molecule is Cc1ccc(N(C(=O)C(N)=O)c2nccs2)c(OCC(C)C)c1. The Morgan fingerprint density at radius 3 is 2.70 bits per heavy atom. The summed E-state index contributed by atoms with van der Waals surface area (Å²) in [6.07, 6.45) is 1.56. The lowest BCUT2D eigenvalue weighted by Gasteiger charge is -2.22. The molecule has 0 unspecified atom stereocenters. The molecule has 0 atom stereocenters. The molecule has 0 saturated carbocycles. The molecule has 2 amide bonds. The molecule has 2 rings (SSSR count). The van der Waals surface area contributed by atoms with Gasteiger partial charge in [0.2, 0.25) is 0 Å². The molecule has 2 aromatic rings. The molecular weight excluding hydrogens is 314 g/mol. The van der Waals surface area contributed by atoms with E-state index in [-0.39, 0.29) is 0 Å². The zero-order valence-electron chi connectivity index (χ0n) is 13.3. The Bertz CT molecular complexity index is 699. The number of benzene rings is 1. The highest BCUT2D eigenvalue weighted by Gasteiger charge is 2.27. The number of thiazole rings is 1. The van der Waals surface area contributed by atoms with Crippen molar-refractivity contribution in [1.29, 1.82) is 0 Å². The molecule has 1 aromatic carbocycles. The van der Waals surface area contributed by atoms with E-state index in [4.69, 9.17) is 10.5 Å². The molecule has 0 spiro atoms. The largest absolute Gasteiger partial charge is 0.491 e. The summed E-state index contributed by atoms with van der Waals surface area (Å²) in [4.78, 5) is 29.0. The summed E-state index contributed by atoms with van der Waals surface area (Å²) >= 11 is 1.24. The summed E-state index contributed by atoms with van der Waals surface area (Å²) in [5.74, 6) is -1.05. The van der Waals surface area contributed by atoms with E-state index in [1.807, 2.05) is 32.9 Å². The molecule has 0 radical (unpaired) electrons. The molecule has 0 bridgehead atoms. The van der Waals surface area contributed by atoms with Gasteiger partial charge in [-0.3, -0.25) is 9.59 Å². The third-order valence-electron chi connectivity index (χ3n) is 2.95. The molecular formula is C16H19N3O3S. The number of primary amides is 1. The Hall–Kier alpha value is -2.41. The van der Waals surface area contributed by atoms with Gasteiger partial charge in [-0.25, -0.2) is 9.88 Å². The predicted octanol–water partition coefficient (Wildman–Crippen LogP) is 2.64. The highest BCUT2D eigenvalue weighted by atomic mass is 32.1. The third kappa shape index (κ3) is 4.07. The van der Waals surface area contributed by atoms with Crippen LogP contribution >= 0.6 is 11.3 Å². The standard InChI is InChI=1S/C16H19N3O3S/c1-10(2)9-22-13-8-11(3)4-5-12(13)19(15(21)14(17)20)16-18-6-7-23-16/h4-8,10H,9H2,1-3H3,(H2,17,20). The fraction of sp³-hybridized carbons (Fsp3) is 0.312. The van der Waals surface area contributed by atoms with Crippen molar-refractivity contribution in [2.24, 2.45) is 11.7 Å². The van der Waals surface area contributed by atoms with Gasteiger partial charge in [0.25, 0.3) is 0 Å². The Balaban J connectivity index is 2.50. The monoisotopic (exact) mass is 333 g/mol.